The molecule has 1 rings (SSSR count). The minimum Gasteiger partial charge on any atom is -0.388 e. The molecule has 0 saturated carbocycles. The summed E-state index contributed by atoms with van der Waals surface area (Å²) >= 11 is 0. The predicted molar refractivity (Wildman–Crippen MR) is 48.8 cm³/mol. The molecule has 0 aliphatic carbocycles. The van der Waals surface area contributed by atoms with E-state index in [1.54, 1.807) is 0 Å². The summed E-state index contributed by atoms with van der Waals surface area (Å²) in [6, 6.07) is 8.38. The maximum Gasteiger partial charge on any atom is 0.0337 e. The lowest BCUT2D eigenvalue weighted by Crippen LogP contribution is -2.04. The van der Waals surface area contributed by atoms with Crippen molar-refractivity contribution in [1.82, 2.24) is 5.32 Å². The summed E-state index contributed by atoms with van der Waals surface area (Å²) in [6.07, 6.45) is 0. The van der Waals surface area contributed by atoms with E-state index in [-0.39, 0.29) is 0 Å². The third-order valence-corrected chi connectivity index (χ3v) is 1.62. The van der Waals surface area contributed by atoms with Gasteiger partial charge in [-0.2, -0.15) is 0 Å². The van der Waals surface area contributed by atoms with Gasteiger partial charge in [0.15, 0.2) is 0 Å². The maximum atomic E-state index is 3.10. The second-order valence-electron chi connectivity index (χ2n) is 2.48. The minimum atomic E-state index is 0.935. The van der Waals surface area contributed by atoms with E-state index in [2.05, 4.69) is 34.9 Å². The van der Waals surface area contributed by atoms with Crippen molar-refractivity contribution in [3.63, 3.8) is 0 Å². The summed E-state index contributed by atoms with van der Waals surface area (Å²) in [4.78, 5) is 0. The average Bonchev–Trinajstić information content (AvgIpc) is 2.07. The first-order valence-electron chi connectivity index (χ1n) is 3.78. The van der Waals surface area contributed by atoms with Gasteiger partial charge in [-0.05, 0) is 24.7 Å². The molecule has 2 heteroatoms. The summed E-state index contributed by atoms with van der Waals surface area (Å²) in [7, 11) is 3.87. The highest BCUT2D eigenvalue weighted by Crippen LogP contribution is 2.07. The first-order valence-corrected chi connectivity index (χ1v) is 3.78. The second-order valence-corrected chi connectivity index (χ2v) is 2.48. The van der Waals surface area contributed by atoms with Gasteiger partial charge in [0.1, 0.15) is 0 Å². The largest absolute Gasteiger partial charge is 0.388 e. The molecule has 0 aliphatic rings. The Kier molecular flexibility index (Phi) is 2.93. The molecular weight excluding hydrogens is 136 g/mol. The Labute approximate surface area is 67.6 Å². The third-order valence-electron chi connectivity index (χ3n) is 1.62. The highest BCUT2D eigenvalue weighted by molar-refractivity contribution is 5.43. The summed E-state index contributed by atoms with van der Waals surface area (Å²) in [5.74, 6) is 0. The van der Waals surface area contributed by atoms with Crippen LogP contribution in [0.15, 0.2) is 24.3 Å². The van der Waals surface area contributed by atoms with Gasteiger partial charge in [0.25, 0.3) is 0 Å². The zero-order valence-corrected chi connectivity index (χ0v) is 7.02. The van der Waals surface area contributed by atoms with Gasteiger partial charge in [0.05, 0.1) is 0 Å². The van der Waals surface area contributed by atoms with E-state index in [9.17, 15) is 0 Å². The van der Waals surface area contributed by atoms with Crippen LogP contribution < -0.4 is 10.6 Å². The SMILES string of the molecule is CNCc1ccc(NC)cc1. The molecule has 0 fully saturated rings. The highest BCUT2D eigenvalue weighted by Gasteiger charge is 1.89. The van der Waals surface area contributed by atoms with E-state index >= 15 is 0 Å². The van der Waals surface area contributed by atoms with Crippen LogP contribution in [0, 0.1) is 0 Å². The van der Waals surface area contributed by atoms with Gasteiger partial charge in [-0.3, -0.25) is 0 Å². The van der Waals surface area contributed by atoms with Gasteiger partial charge in [0, 0.05) is 19.3 Å². The highest BCUT2D eigenvalue weighted by atomic mass is 14.8. The topological polar surface area (TPSA) is 24.1 Å². The van der Waals surface area contributed by atoms with Crippen molar-refractivity contribution in [3.05, 3.63) is 29.8 Å². The monoisotopic (exact) mass is 150 g/mol. The lowest BCUT2D eigenvalue weighted by molar-refractivity contribution is 0.818. The lowest BCUT2D eigenvalue weighted by Gasteiger charge is -2.01. The van der Waals surface area contributed by atoms with E-state index in [4.69, 9.17) is 0 Å². The fourth-order valence-electron chi connectivity index (χ4n) is 0.993. The lowest BCUT2D eigenvalue weighted by atomic mass is 10.2. The van der Waals surface area contributed by atoms with E-state index < -0.39 is 0 Å². The molecule has 2 nitrogen and oxygen atoms in total. The number of hydrogen-bond donors (Lipinski definition) is 2. The van der Waals surface area contributed by atoms with Gasteiger partial charge in [-0.25, -0.2) is 0 Å². The Bertz CT molecular complexity index is 203. The average molecular weight is 150 g/mol. The zero-order chi connectivity index (χ0) is 8.10. The molecular formula is C9H14N2. The number of nitrogens with one attached hydrogen (secondary N) is 2. The molecule has 0 unspecified atom stereocenters. The van der Waals surface area contributed by atoms with Crippen molar-refractivity contribution >= 4 is 5.69 Å². The van der Waals surface area contributed by atoms with E-state index in [0.717, 1.165) is 12.2 Å². The molecule has 1 aromatic rings. The first-order chi connectivity index (χ1) is 5.36. The molecule has 0 heterocycles. The Hall–Kier alpha value is -1.02. The van der Waals surface area contributed by atoms with Crippen molar-refractivity contribution in [2.24, 2.45) is 0 Å². The van der Waals surface area contributed by atoms with Crippen LogP contribution in [0.3, 0.4) is 0 Å². The van der Waals surface area contributed by atoms with Crippen LogP contribution in [0.1, 0.15) is 5.56 Å². The second kappa shape index (κ2) is 3.98. The van der Waals surface area contributed by atoms with E-state index in [0.29, 0.717) is 0 Å². The van der Waals surface area contributed by atoms with Crippen molar-refractivity contribution in [2.75, 3.05) is 19.4 Å². The quantitative estimate of drug-likeness (QED) is 0.681. The van der Waals surface area contributed by atoms with Crippen molar-refractivity contribution < 1.29 is 0 Å². The summed E-state index contributed by atoms with van der Waals surface area (Å²) in [5, 5.41) is 6.18. The maximum absolute atomic E-state index is 3.10. The molecule has 1 aromatic carbocycles. The van der Waals surface area contributed by atoms with Crippen LogP contribution in [0.25, 0.3) is 0 Å². The number of hydrogen-bond acceptors (Lipinski definition) is 2. The Morgan fingerprint density at radius 2 is 1.73 bits per heavy atom. The van der Waals surface area contributed by atoms with Crippen LogP contribution in [0.2, 0.25) is 0 Å². The van der Waals surface area contributed by atoms with Crippen LogP contribution in [-0.4, -0.2) is 14.1 Å². The molecule has 11 heavy (non-hydrogen) atoms. The van der Waals surface area contributed by atoms with Gasteiger partial charge >= 0.3 is 0 Å². The predicted octanol–water partition coefficient (Wildman–Crippen LogP) is 1.45. The van der Waals surface area contributed by atoms with Crippen LogP contribution in [0.5, 0.6) is 0 Å². The molecule has 0 spiro atoms. The number of anilines is 1. The van der Waals surface area contributed by atoms with Crippen LogP contribution >= 0.6 is 0 Å². The zero-order valence-electron chi connectivity index (χ0n) is 7.02. The number of rotatable bonds is 3. The Morgan fingerprint density at radius 1 is 1.09 bits per heavy atom. The first kappa shape index (κ1) is 8.08. The molecule has 60 valence electrons. The molecule has 0 atom stereocenters. The fraction of sp³-hybridized carbons (Fsp3) is 0.333. The standard InChI is InChI=1S/C9H14N2/c1-10-7-8-3-5-9(11-2)6-4-8/h3-6,10-11H,7H2,1-2H3. The van der Waals surface area contributed by atoms with Crippen LogP contribution in [-0.2, 0) is 6.54 Å². The van der Waals surface area contributed by atoms with Gasteiger partial charge in [0.2, 0.25) is 0 Å². The van der Waals surface area contributed by atoms with Gasteiger partial charge < -0.3 is 10.6 Å². The molecule has 0 aliphatic heterocycles. The van der Waals surface area contributed by atoms with Crippen molar-refractivity contribution in [1.29, 1.82) is 0 Å². The molecule has 0 saturated heterocycles. The van der Waals surface area contributed by atoms with Crippen molar-refractivity contribution in [2.45, 2.75) is 6.54 Å². The molecule has 0 radical (unpaired) electrons. The third kappa shape index (κ3) is 2.24. The van der Waals surface area contributed by atoms with E-state index in [1.165, 1.54) is 5.56 Å². The minimum absolute atomic E-state index is 0.935. The molecule has 0 bridgehead atoms. The smallest absolute Gasteiger partial charge is 0.0337 e. The molecule has 0 amide bonds. The normalized spacial score (nSPS) is 9.64. The fourth-order valence-corrected chi connectivity index (χ4v) is 0.993. The van der Waals surface area contributed by atoms with Crippen molar-refractivity contribution in [3.8, 4) is 0 Å². The molecule has 2 N–H and O–H groups in total. The Balaban J connectivity index is 2.66. The van der Waals surface area contributed by atoms with E-state index in [1.807, 2.05) is 14.1 Å². The summed E-state index contributed by atoms with van der Waals surface area (Å²) in [6.45, 7) is 0.935. The molecule has 0 aromatic heterocycles. The van der Waals surface area contributed by atoms with Gasteiger partial charge in [-0.15, -0.1) is 0 Å². The van der Waals surface area contributed by atoms with Gasteiger partial charge in [-0.1, -0.05) is 12.1 Å². The summed E-state index contributed by atoms with van der Waals surface area (Å²) < 4.78 is 0. The van der Waals surface area contributed by atoms with Crippen LogP contribution in [0.4, 0.5) is 5.69 Å². The summed E-state index contributed by atoms with van der Waals surface area (Å²) in [5.41, 5.74) is 2.47. The number of benzene rings is 1. The Morgan fingerprint density at radius 3 is 2.18 bits per heavy atom.